The number of imidazole rings is 1. The number of benzene rings is 3. The molecule has 0 radical (unpaired) electrons. The molecule has 0 bridgehead atoms. The fraction of sp³-hybridized carbons (Fsp3) is 0.233. The van der Waals surface area contributed by atoms with Gasteiger partial charge in [-0.25, -0.2) is 4.98 Å². The van der Waals surface area contributed by atoms with E-state index in [1.165, 1.54) is 0 Å². The number of nitrogens with one attached hydrogen (secondary N) is 2. The Bertz CT molecular complexity index is 1200. The summed E-state index contributed by atoms with van der Waals surface area (Å²) in [6.45, 7) is 0.591. The van der Waals surface area contributed by atoms with Crippen molar-refractivity contribution in [3.05, 3.63) is 126 Å². The number of nitriles is 1. The molecule has 36 heavy (non-hydrogen) atoms. The second-order valence-corrected chi connectivity index (χ2v) is 9.14. The summed E-state index contributed by atoms with van der Waals surface area (Å²) in [4.78, 5) is 23.2. The van der Waals surface area contributed by atoms with Crippen LogP contribution in [0, 0.1) is 11.3 Å². The van der Waals surface area contributed by atoms with E-state index in [0.29, 0.717) is 19.4 Å². The molecular weight excluding hydrogens is 446 g/mol. The molecule has 1 fully saturated rings. The second kappa shape index (κ2) is 10.6. The molecule has 1 saturated heterocycles. The topological polar surface area (TPSA) is 84.8 Å². The lowest BCUT2D eigenvalue weighted by molar-refractivity contribution is -0.133. The number of aromatic nitrogens is 2. The average molecular weight is 476 g/mol. The molecule has 4 aromatic rings. The summed E-state index contributed by atoms with van der Waals surface area (Å²) in [6.07, 6.45) is 5.34. The summed E-state index contributed by atoms with van der Waals surface area (Å²) >= 11 is 0. The molecule has 1 aromatic heterocycles. The van der Waals surface area contributed by atoms with E-state index in [0.717, 1.165) is 28.8 Å². The first-order valence-corrected chi connectivity index (χ1v) is 12.3. The number of aromatic amines is 1. The summed E-state index contributed by atoms with van der Waals surface area (Å²) in [5.41, 5.74) is 3.15. The van der Waals surface area contributed by atoms with Crippen molar-refractivity contribution in [2.75, 3.05) is 6.54 Å². The predicted octanol–water partition coefficient (Wildman–Crippen LogP) is 4.42. The van der Waals surface area contributed by atoms with Gasteiger partial charge in [0, 0.05) is 24.9 Å². The van der Waals surface area contributed by atoms with Crippen molar-refractivity contribution >= 4 is 5.91 Å². The highest BCUT2D eigenvalue weighted by molar-refractivity contribution is 5.83. The standard InChI is InChI=1S/C30H29N5O/c31-20-27-17-10-18-35(27)29(36)28(19-26-21-32-22-33-26)34-30(23-11-4-1-5-12-23,24-13-6-2-7-14-24)25-15-8-3-9-16-25/h1-9,11-16,21-22,27-28,34H,10,17-19H2,(H,32,33)/t27-,28-/m0/s1. The van der Waals surface area contributed by atoms with Gasteiger partial charge < -0.3 is 9.88 Å². The van der Waals surface area contributed by atoms with Gasteiger partial charge in [-0.2, -0.15) is 5.26 Å². The van der Waals surface area contributed by atoms with E-state index >= 15 is 0 Å². The van der Waals surface area contributed by atoms with Gasteiger partial charge in [0.25, 0.3) is 0 Å². The molecule has 1 amide bonds. The molecule has 1 aliphatic heterocycles. The van der Waals surface area contributed by atoms with Gasteiger partial charge in [0.2, 0.25) is 5.91 Å². The fourth-order valence-corrected chi connectivity index (χ4v) is 5.26. The van der Waals surface area contributed by atoms with Gasteiger partial charge >= 0.3 is 0 Å². The third-order valence-corrected chi connectivity index (χ3v) is 6.97. The number of rotatable bonds is 8. The Balaban J connectivity index is 1.67. The number of hydrogen-bond donors (Lipinski definition) is 2. The van der Waals surface area contributed by atoms with E-state index in [1.54, 1.807) is 17.4 Å². The maximum absolute atomic E-state index is 14.1. The summed E-state index contributed by atoms with van der Waals surface area (Å²) < 4.78 is 0. The van der Waals surface area contributed by atoms with Gasteiger partial charge in [-0.3, -0.25) is 10.1 Å². The lowest BCUT2D eigenvalue weighted by atomic mass is 9.76. The minimum Gasteiger partial charge on any atom is -0.348 e. The molecule has 3 aromatic carbocycles. The van der Waals surface area contributed by atoms with Crippen molar-refractivity contribution in [2.24, 2.45) is 0 Å². The van der Waals surface area contributed by atoms with Crippen molar-refractivity contribution in [3.8, 4) is 6.07 Å². The number of carbonyl (C=O) groups excluding carboxylic acids is 1. The Morgan fingerprint density at radius 2 is 1.56 bits per heavy atom. The van der Waals surface area contributed by atoms with Crippen LogP contribution in [0.3, 0.4) is 0 Å². The van der Waals surface area contributed by atoms with Crippen LogP contribution in [0.15, 0.2) is 104 Å². The normalized spacial score (nSPS) is 16.4. The van der Waals surface area contributed by atoms with E-state index in [4.69, 9.17) is 0 Å². The van der Waals surface area contributed by atoms with E-state index in [2.05, 4.69) is 57.8 Å². The highest BCUT2D eigenvalue weighted by Gasteiger charge is 2.42. The summed E-state index contributed by atoms with van der Waals surface area (Å²) in [6, 6.07) is 32.0. The summed E-state index contributed by atoms with van der Waals surface area (Å²) in [7, 11) is 0. The van der Waals surface area contributed by atoms with Crippen molar-refractivity contribution < 1.29 is 4.79 Å². The van der Waals surface area contributed by atoms with Crippen molar-refractivity contribution in [1.29, 1.82) is 5.26 Å². The van der Waals surface area contributed by atoms with Gasteiger partial charge in [0.05, 0.1) is 24.0 Å². The van der Waals surface area contributed by atoms with Crippen molar-refractivity contribution in [1.82, 2.24) is 20.2 Å². The maximum Gasteiger partial charge on any atom is 0.241 e. The third kappa shape index (κ3) is 4.53. The molecule has 2 heterocycles. The first kappa shape index (κ1) is 23.5. The van der Waals surface area contributed by atoms with Crippen LogP contribution in [0.2, 0.25) is 0 Å². The number of likely N-dealkylation sites (tertiary alicyclic amines) is 1. The first-order chi connectivity index (χ1) is 17.7. The highest BCUT2D eigenvalue weighted by atomic mass is 16.2. The predicted molar refractivity (Wildman–Crippen MR) is 139 cm³/mol. The molecule has 0 unspecified atom stereocenters. The fourth-order valence-electron chi connectivity index (χ4n) is 5.26. The van der Waals surface area contributed by atoms with E-state index in [9.17, 15) is 10.1 Å². The van der Waals surface area contributed by atoms with Crippen LogP contribution in [-0.4, -0.2) is 39.4 Å². The number of hydrogen-bond acceptors (Lipinski definition) is 4. The van der Waals surface area contributed by atoms with Crippen LogP contribution < -0.4 is 5.32 Å². The Kier molecular flexibility index (Phi) is 6.92. The minimum absolute atomic E-state index is 0.0687. The maximum atomic E-state index is 14.1. The third-order valence-electron chi connectivity index (χ3n) is 6.97. The molecule has 0 saturated carbocycles. The van der Waals surface area contributed by atoms with Gasteiger partial charge in [-0.1, -0.05) is 91.0 Å². The monoisotopic (exact) mass is 475 g/mol. The van der Waals surface area contributed by atoms with Gasteiger partial charge in [0.15, 0.2) is 0 Å². The smallest absolute Gasteiger partial charge is 0.241 e. The zero-order valence-corrected chi connectivity index (χ0v) is 20.0. The Hall–Kier alpha value is -4.21. The van der Waals surface area contributed by atoms with Gasteiger partial charge in [0.1, 0.15) is 6.04 Å². The van der Waals surface area contributed by atoms with E-state index in [-0.39, 0.29) is 5.91 Å². The highest BCUT2D eigenvalue weighted by Crippen LogP contribution is 2.38. The molecule has 180 valence electrons. The molecule has 6 nitrogen and oxygen atoms in total. The van der Waals surface area contributed by atoms with Gasteiger partial charge in [-0.15, -0.1) is 0 Å². The summed E-state index contributed by atoms with van der Waals surface area (Å²) in [5.74, 6) is -0.0687. The Labute approximate surface area is 211 Å². The Morgan fingerprint density at radius 1 is 1.00 bits per heavy atom. The lowest BCUT2D eigenvalue weighted by Gasteiger charge is -2.40. The quantitative estimate of drug-likeness (QED) is 0.370. The minimum atomic E-state index is -0.800. The van der Waals surface area contributed by atoms with Crippen LogP contribution >= 0.6 is 0 Å². The Morgan fingerprint density at radius 3 is 2.03 bits per heavy atom. The van der Waals surface area contributed by atoms with E-state index in [1.807, 2.05) is 54.6 Å². The molecule has 5 rings (SSSR count). The number of amides is 1. The molecule has 2 N–H and O–H groups in total. The SMILES string of the molecule is N#C[C@@H]1CCCN1C(=O)[C@H](Cc1cnc[nH]1)NC(c1ccccc1)(c1ccccc1)c1ccccc1. The van der Waals surface area contributed by atoms with Crippen molar-refractivity contribution in [2.45, 2.75) is 36.9 Å². The number of H-pyrrole nitrogens is 1. The van der Waals surface area contributed by atoms with Crippen LogP contribution in [-0.2, 0) is 16.8 Å². The van der Waals surface area contributed by atoms with Crippen LogP contribution in [0.1, 0.15) is 35.2 Å². The molecule has 2 atom stereocenters. The van der Waals surface area contributed by atoms with Crippen LogP contribution in [0.25, 0.3) is 0 Å². The van der Waals surface area contributed by atoms with Crippen molar-refractivity contribution in [3.63, 3.8) is 0 Å². The van der Waals surface area contributed by atoms with Crippen LogP contribution in [0.5, 0.6) is 0 Å². The first-order valence-electron chi connectivity index (χ1n) is 12.3. The van der Waals surface area contributed by atoms with Gasteiger partial charge in [-0.05, 0) is 29.5 Å². The average Bonchev–Trinajstić information content (AvgIpc) is 3.64. The molecular formula is C30H29N5O. The molecule has 0 aliphatic carbocycles. The molecule has 0 spiro atoms. The van der Waals surface area contributed by atoms with Crippen LogP contribution in [0.4, 0.5) is 0 Å². The molecule has 1 aliphatic rings. The summed E-state index contributed by atoms with van der Waals surface area (Å²) in [5, 5.41) is 13.5. The number of carbonyl (C=O) groups is 1. The van der Waals surface area contributed by atoms with E-state index < -0.39 is 17.6 Å². The zero-order valence-electron chi connectivity index (χ0n) is 20.0. The number of nitrogens with zero attached hydrogens (tertiary/aromatic N) is 3. The molecule has 6 heteroatoms. The zero-order chi connectivity index (χ0) is 24.8. The lowest BCUT2D eigenvalue weighted by Crippen LogP contribution is -2.57. The second-order valence-electron chi connectivity index (χ2n) is 9.14. The largest absolute Gasteiger partial charge is 0.348 e.